The fourth-order valence-corrected chi connectivity index (χ4v) is 4.72. The average Bonchev–Trinajstić information content (AvgIpc) is 3.62. The van der Waals surface area contributed by atoms with Crippen LogP contribution >= 0.6 is 0 Å². The molecule has 1 atom stereocenters. The number of nitrogens with zero attached hydrogens (tertiary/aromatic N) is 3. The molecule has 1 fully saturated rings. The highest BCUT2D eigenvalue weighted by Gasteiger charge is 2.26. The van der Waals surface area contributed by atoms with Crippen LogP contribution in [0.5, 0.6) is 23.1 Å². The number of carbonyl (C=O) groups is 2. The number of alkyl carbamates (subject to hydrolysis) is 1. The third kappa shape index (κ3) is 5.98. The van der Waals surface area contributed by atoms with Gasteiger partial charge in [-0.1, -0.05) is 26.0 Å². The third-order valence-electron chi connectivity index (χ3n) is 6.92. The lowest BCUT2D eigenvalue weighted by atomic mass is 9.96. The number of carbonyl (C=O) groups excluding carboxylic acids is 2. The van der Waals surface area contributed by atoms with Gasteiger partial charge in [-0.05, 0) is 44.0 Å². The van der Waals surface area contributed by atoms with Crippen LogP contribution in [0.3, 0.4) is 0 Å². The zero-order chi connectivity index (χ0) is 28.3. The van der Waals surface area contributed by atoms with E-state index in [2.05, 4.69) is 10.3 Å². The van der Waals surface area contributed by atoms with Gasteiger partial charge in [-0.2, -0.15) is 0 Å². The topological polar surface area (TPSA) is 121 Å². The van der Waals surface area contributed by atoms with Crippen LogP contribution in [0.25, 0.3) is 22.3 Å². The van der Waals surface area contributed by atoms with Crippen molar-refractivity contribution in [3.8, 4) is 34.4 Å². The maximum Gasteiger partial charge on any atom is 0.407 e. The van der Waals surface area contributed by atoms with Crippen molar-refractivity contribution in [1.82, 2.24) is 20.2 Å². The summed E-state index contributed by atoms with van der Waals surface area (Å²) in [6.45, 7) is 7.09. The summed E-state index contributed by atoms with van der Waals surface area (Å²) in [7, 11) is 1.54. The Morgan fingerprint density at radius 1 is 1.15 bits per heavy atom. The van der Waals surface area contributed by atoms with Crippen molar-refractivity contribution in [3.63, 3.8) is 0 Å². The fourth-order valence-electron chi connectivity index (χ4n) is 4.72. The van der Waals surface area contributed by atoms with Gasteiger partial charge in [0.05, 0.1) is 19.2 Å². The van der Waals surface area contributed by atoms with Crippen LogP contribution < -0.4 is 24.3 Å². The van der Waals surface area contributed by atoms with Crippen molar-refractivity contribution in [2.45, 2.75) is 39.7 Å². The van der Waals surface area contributed by atoms with E-state index >= 15 is 0 Å². The molecule has 1 aromatic heterocycles. The van der Waals surface area contributed by atoms with Gasteiger partial charge in [0, 0.05) is 23.6 Å². The minimum Gasteiger partial charge on any atom is -0.493 e. The molecule has 3 heterocycles. The number of aromatic nitrogens is 2. The number of benzene rings is 2. The summed E-state index contributed by atoms with van der Waals surface area (Å²) in [4.78, 5) is 35.7. The highest BCUT2D eigenvalue weighted by Crippen LogP contribution is 2.40. The molecule has 2 aliphatic rings. The normalized spacial score (nSPS) is 16.2. The van der Waals surface area contributed by atoms with E-state index in [1.807, 2.05) is 57.2 Å². The van der Waals surface area contributed by atoms with E-state index in [0.717, 1.165) is 24.9 Å². The molecule has 40 heavy (non-hydrogen) atoms. The fraction of sp³-hybridized carbons (Fsp3) is 0.448. The minimum absolute atomic E-state index is 0.0721. The van der Waals surface area contributed by atoms with Gasteiger partial charge in [-0.25, -0.2) is 14.8 Å². The predicted octanol–water partition coefficient (Wildman–Crippen LogP) is 4.18. The molecule has 3 aromatic rings. The van der Waals surface area contributed by atoms with Crippen LogP contribution in [0.4, 0.5) is 4.79 Å². The quantitative estimate of drug-likeness (QED) is 0.418. The maximum atomic E-state index is 12.3. The molecular formula is C29H34N4O7. The number of fused-ring (bicyclic) bond motifs is 3. The highest BCUT2D eigenvalue weighted by atomic mass is 16.7. The number of amides is 2. The molecule has 5 rings (SSSR count). The number of hydrogen-bond donors (Lipinski definition) is 1. The molecule has 1 unspecified atom stereocenters. The molecule has 1 N–H and O–H groups in total. The smallest absolute Gasteiger partial charge is 0.407 e. The summed E-state index contributed by atoms with van der Waals surface area (Å²) >= 11 is 0. The van der Waals surface area contributed by atoms with Gasteiger partial charge in [0.15, 0.2) is 11.5 Å². The number of nitrogens with one attached hydrogen (secondary N) is 1. The number of hydrogen-bond acceptors (Lipinski definition) is 9. The van der Waals surface area contributed by atoms with E-state index in [9.17, 15) is 9.59 Å². The molecule has 11 nitrogen and oxygen atoms in total. The van der Waals surface area contributed by atoms with E-state index < -0.39 is 11.5 Å². The molecule has 0 spiro atoms. The summed E-state index contributed by atoms with van der Waals surface area (Å²) in [6, 6.07) is 11.3. The van der Waals surface area contributed by atoms with E-state index in [-0.39, 0.29) is 38.5 Å². The molecular weight excluding hydrogens is 516 g/mol. The van der Waals surface area contributed by atoms with Gasteiger partial charge in [-0.15, -0.1) is 0 Å². The van der Waals surface area contributed by atoms with Crippen LogP contribution in [-0.2, 0) is 9.53 Å². The Morgan fingerprint density at radius 2 is 2.00 bits per heavy atom. The Kier molecular flexibility index (Phi) is 7.81. The lowest BCUT2D eigenvalue weighted by molar-refractivity contribution is -0.130. The minimum atomic E-state index is -0.625. The van der Waals surface area contributed by atoms with Crippen molar-refractivity contribution < 1.29 is 33.3 Å². The van der Waals surface area contributed by atoms with E-state index in [1.54, 1.807) is 12.0 Å². The van der Waals surface area contributed by atoms with Crippen molar-refractivity contribution in [2.24, 2.45) is 5.41 Å². The lowest BCUT2D eigenvalue weighted by Crippen LogP contribution is -2.42. The van der Waals surface area contributed by atoms with Crippen molar-refractivity contribution in [1.29, 1.82) is 0 Å². The van der Waals surface area contributed by atoms with Crippen molar-refractivity contribution in [2.75, 3.05) is 40.2 Å². The molecule has 2 amide bonds. The van der Waals surface area contributed by atoms with Crippen LogP contribution in [0, 0.1) is 5.41 Å². The zero-order valence-corrected chi connectivity index (χ0v) is 23.2. The second-order valence-electron chi connectivity index (χ2n) is 10.7. The maximum absolute atomic E-state index is 12.3. The standard InChI is InChI=1S/C29H34N4O7/c1-18-7-6-12-33(18)23(34)14-30-28(35)38-16-29(2,3)15-37-20-9-5-8-19(13-20)24-27(36-4)32-25-21(31-24)10-11-22-26(25)40-17-39-22/h5,8-11,13,18H,6-7,12,14-17H2,1-4H3,(H,30,35). The second kappa shape index (κ2) is 11.4. The molecule has 0 radical (unpaired) electrons. The van der Waals surface area contributed by atoms with E-state index in [4.69, 9.17) is 28.7 Å². The lowest BCUT2D eigenvalue weighted by Gasteiger charge is -2.25. The number of methoxy groups -OCH3 is 1. The van der Waals surface area contributed by atoms with Crippen LogP contribution in [-0.4, -0.2) is 73.1 Å². The molecule has 0 aliphatic carbocycles. The second-order valence-corrected chi connectivity index (χ2v) is 10.7. The first-order valence-corrected chi connectivity index (χ1v) is 13.3. The van der Waals surface area contributed by atoms with Gasteiger partial charge < -0.3 is 33.9 Å². The SMILES string of the molecule is COc1nc2c3c(ccc2nc1-c1cccc(OCC(C)(C)COC(=O)NCC(=O)N2CCCC2C)c1)OCO3. The summed E-state index contributed by atoms with van der Waals surface area (Å²) < 4.78 is 28.0. The Morgan fingerprint density at radius 3 is 2.77 bits per heavy atom. The Balaban J connectivity index is 1.19. The van der Waals surface area contributed by atoms with Gasteiger partial charge in [-0.3, -0.25) is 4.79 Å². The van der Waals surface area contributed by atoms with Gasteiger partial charge >= 0.3 is 6.09 Å². The molecule has 2 aromatic carbocycles. The van der Waals surface area contributed by atoms with E-state index in [0.29, 0.717) is 39.9 Å². The molecule has 212 valence electrons. The highest BCUT2D eigenvalue weighted by molar-refractivity contribution is 5.87. The first-order chi connectivity index (χ1) is 19.2. The summed E-state index contributed by atoms with van der Waals surface area (Å²) in [5.74, 6) is 2.06. The van der Waals surface area contributed by atoms with Crippen LogP contribution in [0.1, 0.15) is 33.6 Å². The van der Waals surface area contributed by atoms with E-state index in [1.165, 1.54) is 0 Å². The first kappa shape index (κ1) is 27.3. The third-order valence-corrected chi connectivity index (χ3v) is 6.92. The zero-order valence-electron chi connectivity index (χ0n) is 23.2. The molecule has 0 saturated carbocycles. The van der Waals surface area contributed by atoms with Gasteiger partial charge in [0.25, 0.3) is 0 Å². The number of ether oxygens (including phenoxy) is 5. The molecule has 11 heteroatoms. The molecule has 1 saturated heterocycles. The summed E-state index contributed by atoms with van der Waals surface area (Å²) in [6.07, 6.45) is 1.35. The Bertz CT molecular complexity index is 1410. The van der Waals surface area contributed by atoms with Crippen molar-refractivity contribution in [3.05, 3.63) is 36.4 Å². The number of rotatable bonds is 9. The Labute approximate surface area is 232 Å². The van der Waals surface area contributed by atoms with Gasteiger partial charge in [0.2, 0.25) is 18.6 Å². The molecule has 2 aliphatic heterocycles. The molecule has 0 bridgehead atoms. The number of likely N-dealkylation sites (tertiary alicyclic amines) is 1. The monoisotopic (exact) mass is 550 g/mol. The van der Waals surface area contributed by atoms with Gasteiger partial charge in [0.1, 0.15) is 30.1 Å². The summed E-state index contributed by atoms with van der Waals surface area (Å²) in [5, 5.41) is 2.56. The summed E-state index contributed by atoms with van der Waals surface area (Å²) in [5.41, 5.74) is 2.08. The van der Waals surface area contributed by atoms with Crippen LogP contribution in [0.2, 0.25) is 0 Å². The average molecular weight is 551 g/mol. The van der Waals surface area contributed by atoms with Crippen molar-refractivity contribution >= 4 is 23.0 Å². The largest absolute Gasteiger partial charge is 0.493 e. The first-order valence-electron chi connectivity index (χ1n) is 13.3. The Hall–Kier alpha value is -4.28. The van der Waals surface area contributed by atoms with Crippen LogP contribution in [0.15, 0.2) is 36.4 Å². The predicted molar refractivity (Wildman–Crippen MR) is 147 cm³/mol.